The third kappa shape index (κ3) is 3.47. The summed E-state index contributed by atoms with van der Waals surface area (Å²) in [7, 11) is 0. The fraction of sp³-hybridized carbons (Fsp3) is 0.667. The van der Waals surface area contributed by atoms with Crippen LogP contribution in [0.1, 0.15) is 37.7 Å². The maximum absolute atomic E-state index is 6.46. The fourth-order valence-electron chi connectivity index (χ4n) is 4.03. The van der Waals surface area contributed by atoms with E-state index in [1.165, 1.54) is 51.1 Å². The highest BCUT2D eigenvalue weighted by atomic mass is 15.3. The van der Waals surface area contributed by atoms with Crippen molar-refractivity contribution in [3.8, 4) is 0 Å². The van der Waals surface area contributed by atoms with Gasteiger partial charge < -0.3 is 10.6 Å². The minimum absolute atomic E-state index is 0.359. The Balaban J connectivity index is 1.64. The Hall–Kier alpha value is -0.900. The number of hydrogen-bond acceptors (Lipinski definition) is 3. The topological polar surface area (TPSA) is 32.5 Å². The molecule has 2 fully saturated rings. The molecule has 116 valence electrons. The van der Waals surface area contributed by atoms with E-state index in [9.17, 15) is 0 Å². The maximum atomic E-state index is 6.46. The number of benzene rings is 1. The molecule has 3 unspecified atom stereocenters. The summed E-state index contributed by atoms with van der Waals surface area (Å²) in [6.45, 7) is 8.22. The third-order valence-electron chi connectivity index (χ3n) is 5.46. The van der Waals surface area contributed by atoms with Gasteiger partial charge in [0.05, 0.1) is 0 Å². The van der Waals surface area contributed by atoms with Crippen molar-refractivity contribution in [2.75, 3.05) is 32.7 Å². The summed E-state index contributed by atoms with van der Waals surface area (Å²) in [5, 5.41) is 0. The van der Waals surface area contributed by atoms with Crippen molar-refractivity contribution in [3.05, 3.63) is 35.9 Å². The van der Waals surface area contributed by atoms with E-state index in [1.807, 2.05) is 0 Å². The first-order valence-electron chi connectivity index (χ1n) is 8.55. The van der Waals surface area contributed by atoms with E-state index in [4.69, 9.17) is 5.73 Å². The van der Waals surface area contributed by atoms with E-state index in [-0.39, 0.29) is 0 Å². The quantitative estimate of drug-likeness (QED) is 0.926. The Morgan fingerprint density at radius 2 is 1.76 bits per heavy atom. The Kier molecular flexibility index (Phi) is 4.94. The molecule has 1 saturated carbocycles. The molecule has 0 aromatic heterocycles. The molecule has 3 rings (SSSR count). The van der Waals surface area contributed by atoms with Gasteiger partial charge in [-0.2, -0.15) is 0 Å². The second-order valence-corrected chi connectivity index (χ2v) is 6.62. The summed E-state index contributed by atoms with van der Waals surface area (Å²) in [6, 6.07) is 11.9. The van der Waals surface area contributed by atoms with Crippen LogP contribution in [0.2, 0.25) is 0 Å². The molecule has 1 aliphatic carbocycles. The molecule has 1 saturated heterocycles. The molecule has 0 spiro atoms. The first-order valence-corrected chi connectivity index (χ1v) is 8.55. The van der Waals surface area contributed by atoms with Gasteiger partial charge >= 0.3 is 0 Å². The van der Waals surface area contributed by atoms with Gasteiger partial charge in [0, 0.05) is 38.3 Å². The summed E-state index contributed by atoms with van der Waals surface area (Å²) >= 11 is 0. The van der Waals surface area contributed by atoms with E-state index < -0.39 is 0 Å². The minimum Gasteiger partial charge on any atom is -0.326 e. The molecule has 21 heavy (non-hydrogen) atoms. The second-order valence-electron chi connectivity index (χ2n) is 6.62. The van der Waals surface area contributed by atoms with E-state index in [0.29, 0.717) is 18.0 Å². The lowest BCUT2D eigenvalue weighted by Gasteiger charge is -2.45. The van der Waals surface area contributed by atoms with Gasteiger partial charge in [0.25, 0.3) is 0 Å². The third-order valence-corrected chi connectivity index (χ3v) is 5.46. The maximum Gasteiger partial charge on any atom is 0.0254 e. The molecule has 1 aliphatic heterocycles. The lowest BCUT2D eigenvalue weighted by molar-refractivity contribution is 0.0670. The van der Waals surface area contributed by atoms with Crippen LogP contribution in [-0.2, 0) is 0 Å². The van der Waals surface area contributed by atoms with Gasteiger partial charge in [0.1, 0.15) is 0 Å². The molecule has 3 nitrogen and oxygen atoms in total. The van der Waals surface area contributed by atoms with E-state index in [0.717, 1.165) is 6.42 Å². The van der Waals surface area contributed by atoms with Crippen LogP contribution >= 0.6 is 0 Å². The van der Waals surface area contributed by atoms with Gasteiger partial charge in [-0.1, -0.05) is 37.3 Å². The molecule has 0 amide bonds. The van der Waals surface area contributed by atoms with Gasteiger partial charge in [-0.15, -0.1) is 0 Å². The Morgan fingerprint density at radius 3 is 2.43 bits per heavy atom. The first kappa shape index (κ1) is 15.0. The van der Waals surface area contributed by atoms with Gasteiger partial charge in [-0.25, -0.2) is 0 Å². The highest BCUT2D eigenvalue weighted by Gasteiger charge is 2.34. The van der Waals surface area contributed by atoms with Crippen LogP contribution in [0.25, 0.3) is 0 Å². The summed E-state index contributed by atoms with van der Waals surface area (Å²) in [4.78, 5) is 5.20. The number of nitrogens with zero attached hydrogens (tertiary/aromatic N) is 2. The highest BCUT2D eigenvalue weighted by Crippen LogP contribution is 2.34. The largest absolute Gasteiger partial charge is 0.326 e. The highest BCUT2D eigenvalue weighted by molar-refractivity contribution is 5.21. The zero-order chi connectivity index (χ0) is 14.7. The summed E-state index contributed by atoms with van der Waals surface area (Å²) in [6.07, 6.45) is 3.64. The van der Waals surface area contributed by atoms with Crippen LogP contribution in [-0.4, -0.2) is 54.6 Å². The predicted molar refractivity (Wildman–Crippen MR) is 88.5 cm³/mol. The average molecular weight is 287 g/mol. The average Bonchev–Trinajstić information content (AvgIpc) is 2.56. The van der Waals surface area contributed by atoms with Crippen LogP contribution in [0.4, 0.5) is 0 Å². The lowest BCUT2D eigenvalue weighted by Crippen LogP contribution is -2.57. The molecule has 1 aromatic carbocycles. The molecular formula is C18H29N3. The molecule has 1 aromatic rings. The van der Waals surface area contributed by atoms with Gasteiger partial charge in [-0.05, 0) is 37.3 Å². The SMILES string of the molecule is CCN1CCN(C2CC(c3ccccc3)CCC2N)CC1. The summed E-state index contributed by atoms with van der Waals surface area (Å²) in [5.41, 5.74) is 7.96. The standard InChI is InChI=1S/C18H29N3/c1-2-20-10-12-21(13-11-20)18-14-16(8-9-17(18)19)15-6-4-3-5-7-15/h3-7,16-18H,2,8-14,19H2,1H3. The molecule has 3 heteroatoms. The van der Waals surface area contributed by atoms with Crippen molar-refractivity contribution in [2.24, 2.45) is 5.73 Å². The Bertz CT molecular complexity index is 425. The van der Waals surface area contributed by atoms with Crippen LogP contribution < -0.4 is 5.73 Å². The first-order chi connectivity index (χ1) is 10.3. The Morgan fingerprint density at radius 1 is 1.05 bits per heavy atom. The van der Waals surface area contributed by atoms with Crippen molar-refractivity contribution in [2.45, 2.75) is 44.2 Å². The zero-order valence-electron chi connectivity index (χ0n) is 13.2. The van der Waals surface area contributed by atoms with Crippen LogP contribution in [0.3, 0.4) is 0 Å². The van der Waals surface area contributed by atoms with Gasteiger partial charge in [-0.3, -0.25) is 4.90 Å². The van der Waals surface area contributed by atoms with Crippen LogP contribution in [0.5, 0.6) is 0 Å². The molecule has 0 bridgehead atoms. The van der Waals surface area contributed by atoms with Crippen molar-refractivity contribution in [3.63, 3.8) is 0 Å². The Labute approximate surface area is 129 Å². The van der Waals surface area contributed by atoms with E-state index in [2.05, 4.69) is 47.1 Å². The van der Waals surface area contributed by atoms with E-state index in [1.54, 1.807) is 0 Å². The normalized spacial score (nSPS) is 32.2. The van der Waals surface area contributed by atoms with Crippen molar-refractivity contribution < 1.29 is 0 Å². The lowest BCUT2D eigenvalue weighted by atomic mass is 9.78. The van der Waals surface area contributed by atoms with Crippen molar-refractivity contribution in [1.29, 1.82) is 0 Å². The zero-order valence-corrected chi connectivity index (χ0v) is 13.2. The van der Waals surface area contributed by atoms with Crippen LogP contribution in [0.15, 0.2) is 30.3 Å². The number of rotatable bonds is 3. The molecule has 3 atom stereocenters. The minimum atomic E-state index is 0.359. The molecule has 1 heterocycles. The number of likely N-dealkylation sites (N-methyl/N-ethyl adjacent to an activating group) is 1. The number of nitrogens with two attached hydrogens (primary N) is 1. The van der Waals surface area contributed by atoms with E-state index >= 15 is 0 Å². The smallest absolute Gasteiger partial charge is 0.0254 e. The van der Waals surface area contributed by atoms with Crippen molar-refractivity contribution in [1.82, 2.24) is 9.80 Å². The van der Waals surface area contributed by atoms with Gasteiger partial charge in [0.2, 0.25) is 0 Å². The second kappa shape index (κ2) is 6.91. The van der Waals surface area contributed by atoms with Gasteiger partial charge in [0.15, 0.2) is 0 Å². The fourth-order valence-corrected chi connectivity index (χ4v) is 4.03. The predicted octanol–water partition coefficient (Wildman–Crippen LogP) is 2.29. The molecule has 0 radical (unpaired) electrons. The number of piperazine rings is 1. The monoisotopic (exact) mass is 287 g/mol. The molecular weight excluding hydrogens is 258 g/mol. The van der Waals surface area contributed by atoms with Crippen molar-refractivity contribution >= 4 is 0 Å². The molecule has 2 N–H and O–H groups in total. The number of hydrogen-bond donors (Lipinski definition) is 1. The summed E-state index contributed by atoms with van der Waals surface area (Å²) in [5.74, 6) is 0.695. The summed E-state index contributed by atoms with van der Waals surface area (Å²) < 4.78 is 0. The molecule has 2 aliphatic rings. The van der Waals surface area contributed by atoms with Crippen LogP contribution in [0, 0.1) is 0 Å².